The lowest BCUT2D eigenvalue weighted by Crippen LogP contribution is -2.38. The van der Waals surface area contributed by atoms with Gasteiger partial charge in [0.15, 0.2) is 11.3 Å². The molecule has 1 unspecified atom stereocenters. The van der Waals surface area contributed by atoms with Gasteiger partial charge in [-0.1, -0.05) is 91.1 Å². The van der Waals surface area contributed by atoms with Crippen LogP contribution < -0.4 is 10.1 Å². The van der Waals surface area contributed by atoms with Gasteiger partial charge in [-0.3, -0.25) is 4.79 Å². The molecule has 0 saturated heterocycles. The van der Waals surface area contributed by atoms with Crippen LogP contribution in [0, 0.1) is 0 Å². The van der Waals surface area contributed by atoms with E-state index in [1.54, 1.807) is 0 Å². The van der Waals surface area contributed by atoms with Crippen LogP contribution in [0.3, 0.4) is 0 Å². The van der Waals surface area contributed by atoms with E-state index in [4.69, 9.17) is 27.9 Å². The van der Waals surface area contributed by atoms with Gasteiger partial charge in [-0.2, -0.15) is 0 Å². The van der Waals surface area contributed by atoms with Crippen LogP contribution in [0.2, 0.25) is 10.3 Å². The van der Waals surface area contributed by atoms with Crippen molar-refractivity contribution in [2.75, 3.05) is 0 Å². The highest BCUT2D eigenvalue weighted by Gasteiger charge is 2.21. The topological polar surface area (TPSA) is 64.1 Å². The number of benzene rings is 2. The molecule has 1 amide bonds. The van der Waals surface area contributed by atoms with Gasteiger partial charge in [-0.15, -0.1) is 0 Å². The van der Waals surface area contributed by atoms with Crippen molar-refractivity contribution in [2.45, 2.75) is 32.4 Å². The van der Waals surface area contributed by atoms with Crippen LogP contribution in [-0.4, -0.2) is 22.0 Å². The molecule has 0 fully saturated rings. The van der Waals surface area contributed by atoms with Crippen LogP contribution in [0.1, 0.15) is 25.3 Å². The van der Waals surface area contributed by atoms with Crippen LogP contribution in [0.5, 0.6) is 5.88 Å². The van der Waals surface area contributed by atoms with Gasteiger partial charge in [0.1, 0.15) is 5.15 Å². The maximum Gasteiger partial charge on any atom is 0.261 e. The van der Waals surface area contributed by atoms with Crippen LogP contribution in [0.4, 0.5) is 0 Å². The molecule has 0 bridgehead atoms. The summed E-state index contributed by atoms with van der Waals surface area (Å²) in [5.74, 6) is -0.135. The van der Waals surface area contributed by atoms with Crippen molar-refractivity contribution in [1.29, 1.82) is 0 Å². The number of halogens is 2. The van der Waals surface area contributed by atoms with Gasteiger partial charge in [-0.05, 0) is 23.1 Å². The van der Waals surface area contributed by atoms with Gasteiger partial charge in [0, 0.05) is 6.54 Å². The molecule has 0 aliphatic carbocycles. The molecule has 0 aliphatic rings. The van der Waals surface area contributed by atoms with Gasteiger partial charge >= 0.3 is 0 Å². The van der Waals surface area contributed by atoms with E-state index in [1.165, 1.54) is 6.20 Å². The number of hydrogen-bond acceptors (Lipinski definition) is 4. The SMILES string of the molecule is CCCC(Oc1ncc(Cl)nc1Cl)C(=O)NCc1ccc(-c2ccccc2)cc1. The molecular formula is C22H21Cl2N3O2. The zero-order valence-corrected chi connectivity index (χ0v) is 17.5. The van der Waals surface area contributed by atoms with Crippen molar-refractivity contribution < 1.29 is 9.53 Å². The number of amides is 1. The third-order valence-corrected chi connectivity index (χ3v) is 4.72. The molecule has 150 valence electrons. The highest BCUT2D eigenvalue weighted by Crippen LogP contribution is 2.23. The van der Waals surface area contributed by atoms with Gasteiger partial charge in [0.2, 0.25) is 0 Å². The Labute approximate surface area is 180 Å². The first-order chi connectivity index (χ1) is 14.1. The molecule has 2 aromatic carbocycles. The molecule has 7 heteroatoms. The molecule has 1 atom stereocenters. The van der Waals surface area contributed by atoms with Crippen LogP contribution >= 0.6 is 23.2 Å². The number of carbonyl (C=O) groups excluding carboxylic acids is 1. The highest BCUT2D eigenvalue weighted by atomic mass is 35.5. The fraction of sp³-hybridized carbons (Fsp3) is 0.227. The summed E-state index contributed by atoms with van der Waals surface area (Å²) in [7, 11) is 0. The van der Waals surface area contributed by atoms with Crippen molar-refractivity contribution >= 4 is 29.1 Å². The maximum absolute atomic E-state index is 12.6. The predicted molar refractivity (Wildman–Crippen MR) is 115 cm³/mol. The second kappa shape index (κ2) is 10.2. The van der Waals surface area contributed by atoms with E-state index in [2.05, 4.69) is 27.4 Å². The third-order valence-electron chi connectivity index (χ3n) is 4.29. The first-order valence-electron chi connectivity index (χ1n) is 9.33. The Hall–Kier alpha value is -2.63. The quantitative estimate of drug-likeness (QED) is 0.526. The molecule has 5 nitrogen and oxygen atoms in total. The Morgan fingerprint density at radius 3 is 2.41 bits per heavy atom. The van der Waals surface area contributed by atoms with Gasteiger partial charge in [-0.25, -0.2) is 9.97 Å². The molecule has 0 spiro atoms. The number of hydrogen-bond donors (Lipinski definition) is 1. The largest absolute Gasteiger partial charge is 0.462 e. The fourth-order valence-corrected chi connectivity index (χ4v) is 3.16. The summed E-state index contributed by atoms with van der Waals surface area (Å²) in [5.41, 5.74) is 3.28. The summed E-state index contributed by atoms with van der Waals surface area (Å²) in [6.45, 7) is 2.37. The lowest BCUT2D eigenvalue weighted by atomic mass is 10.0. The fourth-order valence-electron chi connectivity index (χ4n) is 2.80. The van der Waals surface area contributed by atoms with E-state index in [9.17, 15) is 4.79 Å². The molecule has 3 rings (SSSR count). The number of ether oxygens (including phenoxy) is 1. The summed E-state index contributed by atoms with van der Waals surface area (Å²) in [4.78, 5) is 20.5. The van der Waals surface area contributed by atoms with Crippen LogP contribution in [-0.2, 0) is 11.3 Å². The van der Waals surface area contributed by atoms with E-state index in [0.717, 1.165) is 23.1 Å². The summed E-state index contributed by atoms with van der Waals surface area (Å²) in [6, 6.07) is 18.2. The Morgan fingerprint density at radius 1 is 1.07 bits per heavy atom. The zero-order chi connectivity index (χ0) is 20.6. The lowest BCUT2D eigenvalue weighted by Gasteiger charge is -2.18. The summed E-state index contributed by atoms with van der Waals surface area (Å²) in [6.07, 6.45) is 1.91. The maximum atomic E-state index is 12.6. The zero-order valence-electron chi connectivity index (χ0n) is 15.9. The number of nitrogens with one attached hydrogen (secondary N) is 1. The smallest absolute Gasteiger partial charge is 0.261 e. The highest BCUT2D eigenvalue weighted by molar-refractivity contribution is 6.33. The minimum absolute atomic E-state index is 0.0305. The normalized spacial score (nSPS) is 11.7. The minimum Gasteiger partial charge on any atom is -0.462 e. The Morgan fingerprint density at radius 2 is 1.76 bits per heavy atom. The van der Waals surface area contributed by atoms with Crippen LogP contribution in [0.25, 0.3) is 11.1 Å². The average Bonchev–Trinajstić information content (AvgIpc) is 2.74. The summed E-state index contributed by atoms with van der Waals surface area (Å²) >= 11 is 11.8. The first kappa shape index (κ1) is 21.1. The van der Waals surface area contributed by atoms with Gasteiger partial charge in [0.25, 0.3) is 11.8 Å². The first-order valence-corrected chi connectivity index (χ1v) is 10.1. The monoisotopic (exact) mass is 429 g/mol. The van der Waals surface area contributed by atoms with Crippen molar-refractivity contribution in [3.05, 3.63) is 76.7 Å². The van der Waals surface area contributed by atoms with E-state index in [0.29, 0.717) is 13.0 Å². The van der Waals surface area contributed by atoms with Crippen molar-refractivity contribution in [3.8, 4) is 17.0 Å². The molecule has 1 N–H and O–H groups in total. The number of aromatic nitrogens is 2. The van der Waals surface area contributed by atoms with E-state index in [-0.39, 0.29) is 22.1 Å². The van der Waals surface area contributed by atoms with Gasteiger partial charge in [0.05, 0.1) is 6.20 Å². The standard InChI is InChI=1S/C22H21Cl2N3O2/c1-2-6-18(29-22-20(24)27-19(23)14-26-22)21(28)25-13-15-9-11-17(12-10-15)16-7-4-3-5-8-16/h3-5,7-12,14,18H,2,6,13H2,1H3,(H,25,28). The minimum atomic E-state index is -0.712. The van der Waals surface area contributed by atoms with Gasteiger partial charge < -0.3 is 10.1 Å². The Bertz CT molecular complexity index is 950. The number of rotatable bonds is 8. The van der Waals surface area contributed by atoms with Crippen LogP contribution in [0.15, 0.2) is 60.8 Å². The van der Waals surface area contributed by atoms with E-state index in [1.807, 2.05) is 49.4 Å². The van der Waals surface area contributed by atoms with Crippen molar-refractivity contribution in [3.63, 3.8) is 0 Å². The second-order valence-electron chi connectivity index (χ2n) is 6.46. The van der Waals surface area contributed by atoms with Crippen molar-refractivity contribution in [1.82, 2.24) is 15.3 Å². The lowest BCUT2D eigenvalue weighted by molar-refractivity contribution is -0.128. The molecule has 1 heterocycles. The number of nitrogens with zero attached hydrogens (tertiary/aromatic N) is 2. The molecule has 0 aliphatic heterocycles. The Balaban J connectivity index is 1.61. The number of carbonyl (C=O) groups is 1. The Kier molecular flexibility index (Phi) is 7.44. The summed E-state index contributed by atoms with van der Waals surface area (Å²) < 4.78 is 5.69. The van der Waals surface area contributed by atoms with E-state index >= 15 is 0 Å². The molecule has 0 saturated carbocycles. The average molecular weight is 430 g/mol. The molecule has 1 aromatic heterocycles. The van der Waals surface area contributed by atoms with Crippen molar-refractivity contribution in [2.24, 2.45) is 0 Å². The van der Waals surface area contributed by atoms with E-state index < -0.39 is 6.10 Å². The summed E-state index contributed by atoms with van der Waals surface area (Å²) in [5, 5.41) is 3.11. The molecule has 0 radical (unpaired) electrons. The molecule has 3 aromatic rings. The molecule has 29 heavy (non-hydrogen) atoms. The molecular weight excluding hydrogens is 409 g/mol. The predicted octanol–water partition coefficient (Wildman–Crippen LogP) is 5.31. The second-order valence-corrected chi connectivity index (χ2v) is 7.21. The third kappa shape index (κ3) is 5.92.